The molecule has 0 aromatic heterocycles. The minimum atomic E-state index is -0.842. The first-order valence-corrected chi connectivity index (χ1v) is 8.97. The van der Waals surface area contributed by atoms with E-state index in [2.05, 4.69) is 15.9 Å². The van der Waals surface area contributed by atoms with E-state index in [1.54, 1.807) is 34.5 Å². The molecule has 0 unspecified atom stereocenters. The average molecular weight is 433 g/mol. The van der Waals surface area contributed by atoms with E-state index in [-0.39, 0.29) is 12.0 Å². The molecule has 0 spiro atoms. The van der Waals surface area contributed by atoms with Crippen molar-refractivity contribution in [2.45, 2.75) is 31.7 Å². The van der Waals surface area contributed by atoms with Crippen LogP contribution in [0.1, 0.15) is 25.0 Å². The Balaban J connectivity index is 2.58. The van der Waals surface area contributed by atoms with Crippen LogP contribution in [0, 0.1) is 5.92 Å². The van der Waals surface area contributed by atoms with E-state index in [1.165, 1.54) is 7.11 Å². The number of ether oxygens (including phenoxy) is 6. The Hall–Kier alpha value is -1.51. The molecule has 1 fully saturated rings. The number of hydrogen-bond acceptors (Lipinski definition) is 7. The Labute approximate surface area is 162 Å². The van der Waals surface area contributed by atoms with Crippen molar-refractivity contribution in [2.75, 3.05) is 35.5 Å². The summed E-state index contributed by atoms with van der Waals surface area (Å²) in [4.78, 5) is 12.2. The number of methoxy groups -OCH3 is 5. The van der Waals surface area contributed by atoms with E-state index < -0.39 is 18.2 Å². The second-order valence-electron chi connectivity index (χ2n) is 6.03. The highest BCUT2D eigenvalue weighted by Crippen LogP contribution is 2.51. The second kappa shape index (κ2) is 8.92. The molecule has 8 heteroatoms. The molecule has 0 aliphatic carbocycles. The fourth-order valence-corrected chi connectivity index (χ4v) is 3.91. The fraction of sp³-hybridized carbons (Fsp3) is 0.611. The Morgan fingerprint density at radius 1 is 1.12 bits per heavy atom. The lowest BCUT2D eigenvalue weighted by Gasteiger charge is -2.39. The van der Waals surface area contributed by atoms with Gasteiger partial charge in [-0.05, 0) is 28.3 Å². The minimum Gasteiger partial charge on any atom is -0.495 e. The standard InChI is InChI=1S/C18H25BrO7/c1-9-7-11(21-2)17(18(20)25-6)26-14(9)13-15(23-4)10(19)8-12(22-3)16(13)24-5/h8-9,11,14,17H,7H2,1-6H3/t9-,11-,14-,17-/m0/s1. The van der Waals surface area contributed by atoms with Crippen molar-refractivity contribution in [1.29, 1.82) is 0 Å². The zero-order chi connectivity index (χ0) is 19.4. The van der Waals surface area contributed by atoms with Crippen LogP contribution in [0.15, 0.2) is 10.5 Å². The fourth-order valence-electron chi connectivity index (χ4n) is 3.33. The van der Waals surface area contributed by atoms with E-state index in [0.717, 1.165) is 0 Å². The molecular weight excluding hydrogens is 408 g/mol. The third-order valence-electron chi connectivity index (χ3n) is 4.59. The Kier molecular flexibility index (Phi) is 7.14. The quantitative estimate of drug-likeness (QED) is 0.639. The summed E-state index contributed by atoms with van der Waals surface area (Å²) in [5, 5.41) is 0. The molecule has 1 aromatic carbocycles. The molecule has 0 saturated carbocycles. The summed E-state index contributed by atoms with van der Waals surface area (Å²) in [6, 6.07) is 1.77. The lowest BCUT2D eigenvalue weighted by atomic mass is 9.86. The number of carbonyl (C=O) groups is 1. The Morgan fingerprint density at radius 2 is 1.77 bits per heavy atom. The van der Waals surface area contributed by atoms with Gasteiger partial charge in [0.15, 0.2) is 17.6 Å². The van der Waals surface area contributed by atoms with E-state index in [1.807, 2.05) is 6.92 Å². The van der Waals surface area contributed by atoms with Crippen LogP contribution in [0.25, 0.3) is 0 Å². The third kappa shape index (κ3) is 3.77. The smallest absolute Gasteiger partial charge is 0.337 e. The number of benzene rings is 1. The summed E-state index contributed by atoms with van der Waals surface area (Å²) in [5.74, 6) is 1.16. The summed E-state index contributed by atoms with van der Waals surface area (Å²) in [6.45, 7) is 2.02. The number of halogens is 1. The van der Waals surface area contributed by atoms with Crippen LogP contribution < -0.4 is 14.2 Å². The molecule has 0 amide bonds. The number of carbonyl (C=O) groups excluding carboxylic acids is 1. The van der Waals surface area contributed by atoms with Crippen molar-refractivity contribution < 1.29 is 33.2 Å². The summed E-state index contributed by atoms with van der Waals surface area (Å²) in [5.41, 5.74) is 0.678. The van der Waals surface area contributed by atoms with E-state index >= 15 is 0 Å². The zero-order valence-corrected chi connectivity index (χ0v) is 17.4. The van der Waals surface area contributed by atoms with Crippen LogP contribution >= 0.6 is 15.9 Å². The summed E-state index contributed by atoms with van der Waals surface area (Å²) < 4.78 is 33.8. The van der Waals surface area contributed by atoms with Gasteiger partial charge < -0.3 is 28.4 Å². The van der Waals surface area contributed by atoms with Gasteiger partial charge in [0.05, 0.1) is 50.7 Å². The number of rotatable bonds is 6. The zero-order valence-electron chi connectivity index (χ0n) is 15.8. The summed E-state index contributed by atoms with van der Waals surface area (Å²) >= 11 is 3.50. The highest BCUT2D eigenvalue weighted by atomic mass is 79.9. The molecule has 1 aromatic rings. The van der Waals surface area contributed by atoms with E-state index in [0.29, 0.717) is 33.7 Å². The molecule has 0 bridgehead atoms. The maximum Gasteiger partial charge on any atom is 0.337 e. The van der Waals surface area contributed by atoms with Gasteiger partial charge in [0, 0.05) is 13.2 Å². The second-order valence-corrected chi connectivity index (χ2v) is 6.88. The van der Waals surface area contributed by atoms with Crippen molar-refractivity contribution in [3.63, 3.8) is 0 Å². The first kappa shape index (κ1) is 20.8. The Morgan fingerprint density at radius 3 is 2.27 bits per heavy atom. The van der Waals surface area contributed by atoms with Crippen molar-refractivity contribution in [3.8, 4) is 17.2 Å². The molecule has 0 radical (unpaired) electrons. The lowest BCUT2D eigenvalue weighted by molar-refractivity contribution is -0.190. The van der Waals surface area contributed by atoms with Gasteiger partial charge >= 0.3 is 5.97 Å². The normalized spacial score (nSPS) is 25.5. The van der Waals surface area contributed by atoms with Crippen LogP contribution in [0.3, 0.4) is 0 Å². The first-order chi connectivity index (χ1) is 12.4. The van der Waals surface area contributed by atoms with Crippen molar-refractivity contribution in [1.82, 2.24) is 0 Å². The average Bonchev–Trinajstić information content (AvgIpc) is 2.66. The molecule has 146 valence electrons. The van der Waals surface area contributed by atoms with Gasteiger partial charge in [-0.15, -0.1) is 0 Å². The Bertz CT molecular complexity index is 649. The molecular formula is C18H25BrO7. The topological polar surface area (TPSA) is 72.5 Å². The van der Waals surface area contributed by atoms with Crippen molar-refractivity contribution >= 4 is 21.9 Å². The molecule has 1 heterocycles. The van der Waals surface area contributed by atoms with Gasteiger partial charge in [0.25, 0.3) is 0 Å². The van der Waals surface area contributed by atoms with Crippen LogP contribution in [-0.2, 0) is 19.0 Å². The van der Waals surface area contributed by atoms with Crippen molar-refractivity contribution in [3.05, 3.63) is 16.1 Å². The summed E-state index contributed by atoms with van der Waals surface area (Å²) in [7, 11) is 7.57. The number of hydrogen-bond donors (Lipinski definition) is 0. The van der Waals surface area contributed by atoms with Gasteiger partial charge in [0.2, 0.25) is 0 Å². The molecule has 1 saturated heterocycles. The maximum atomic E-state index is 12.2. The maximum absolute atomic E-state index is 12.2. The van der Waals surface area contributed by atoms with Gasteiger partial charge in [-0.1, -0.05) is 6.92 Å². The van der Waals surface area contributed by atoms with Gasteiger partial charge in [0.1, 0.15) is 5.75 Å². The third-order valence-corrected chi connectivity index (χ3v) is 5.18. The van der Waals surface area contributed by atoms with Crippen LogP contribution in [0.4, 0.5) is 0 Å². The predicted octanol–water partition coefficient (Wildman–Crippen LogP) is 3.13. The van der Waals surface area contributed by atoms with Gasteiger partial charge in [-0.2, -0.15) is 0 Å². The lowest BCUT2D eigenvalue weighted by Crippen LogP contribution is -2.46. The largest absolute Gasteiger partial charge is 0.495 e. The van der Waals surface area contributed by atoms with Crippen LogP contribution in [0.5, 0.6) is 17.2 Å². The number of esters is 1. The highest BCUT2D eigenvalue weighted by molar-refractivity contribution is 9.10. The van der Waals surface area contributed by atoms with E-state index in [4.69, 9.17) is 28.4 Å². The first-order valence-electron chi connectivity index (χ1n) is 8.17. The molecule has 4 atom stereocenters. The molecule has 7 nitrogen and oxygen atoms in total. The van der Waals surface area contributed by atoms with Gasteiger partial charge in [-0.25, -0.2) is 4.79 Å². The minimum absolute atomic E-state index is 0.0302. The van der Waals surface area contributed by atoms with Crippen LogP contribution in [-0.4, -0.2) is 53.7 Å². The SMILES string of the molecule is COC(=O)[C@H]1O[C@H](c2c(OC)c(Br)cc(OC)c2OC)[C@@H](C)C[C@@H]1OC. The molecule has 1 aliphatic rings. The monoisotopic (exact) mass is 432 g/mol. The summed E-state index contributed by atoms with van der Waals surface area (Å²) in [6.07, 6.45) is -1.09. The van der Waals surface area contributed by atoms with Gasteiger partial charge in [-0.3, -0.25) is 0 Å². The molecule has 0 N–H and O–H groups in total. The molecule has 2 rings (SSSR count). The highest BCUT2D eigenvalue weighted by Gasteiger charge is 2.44. The molecule has 1 aliphatic heterocycles. The van der Waals surface area contributed by atoms with Crippen LogP contribution in [0.2, 0.25) is 0 Å². The molecule has 26 heavy (non-hydrogen) atoms. The van der Waals surface area contributed by atoms with Crippen molar-refractivity contribution in [2.24, 2.45) is 5.92 Å². The van der Waals surface area contributed by atoms with E-state index in [9.17, 15) is 4.79 Å². The predicted molar refractivity (Wildman–Crippen MR) is 98.0 cm³/mol.